The van der Waals surface area contributed by atoms with Crippen molar-refractivity contribution in [2.24, 2.45) is 0 Å². The van der Waals surface area contributed by atoms with Crippen molar-refractivity contribution in [1.82, 2.24) is 15.2 Å². The van der Waals surface area contributed by atoms with Crippen molar-refractivity contribution >= 4 is 49.2 Å². The molecule has 0 saturated heterocycles. The Morgan fingerprint density at radius 2 is 1.92 bits per heavy atom. The molecule has 0 aliphatic carbocycles. The van der Waals surface area contributed by atoms with Gasteiger partial charge < -0.3 is 5.32 Å². The molecule has 7 heteroatoms. The molecule has 4 rings (SSSR count). The smallest absolute Gasteiger partial charge is 0.251 e. The van der Waals surface area contributed by atoms with Crippen LogP contribution in [0.1, 0.15) is 19.4 Å². The van der Waals surface area contributed by atoms with Gasteiger partial charge in [-0.15, -0.1) is 0 Å². The third kappa shape index (κ3) is 3.01. The number of aromatic amines is 1. The van der Waals surface area contributed by atoms with Gasteiger partial charge in [0.15, 0.2) is 5.13 Å². The Labute approximate surface area is 154 Å². The fourth-order valence-corrected chi connectivity index (χ4v) is 3.74. The Kier molecular flexibility index (Phi) is 3.88. The molecule has 0 unspecified atom stereocenters. The number of aryl methyl sites for hydroxylation is 1. The summed E-state index contributed by atoms with van der Waals surface area (Å²) >= 11 is 1.45. The SMILES string of the molecule is Cc1ccc(NC(C)(C)C(=O)Nc2nc3ccc4[nH]ncc4c3s2)cc1. The molecule has 0 spiro atoms. The summed E-state index contributed by atoms with van der Waals surface area (Å²) < 4.78 is 1.01. The number of hydrogen-bond acceptors (Lipinski definition) is 5. The van der Waals surface area contributed by atoms with Crippen LogP contribution in [0.4, 0.5) is 10.8 Å². The zero-order valence-electron chi connectivity index (χ0n) is 14.8. The molecule has 0 atom stereocenters. The van der Waals surface area contributed by atoms with E-state index in [1.165, 1.54) is 16.9 Å². The molecule has 0 aliphatic heterocycles. The van der Waals surface area contributed by atoms with Crippen molar-refractivity contribution in [3.63, 3.8) is 0 Å². The number of benzene rings is 2. The van der Waals surface area contributed by atoms with Crippen LogP contribution in [0.2, 0.25) is 0 Å². The van der Waals surface area contributed by atoms with Crippen molar-refractivity contribution in [2.45, 2.75) is 26.3 Å². The lowest BCUT2D eigenvalue weighted by molar-refractivity contribution is -0.119. The number of hydrogen-bond donors (Lipinski definition) is 3. The standard InChI is InChI=1S/C19H19N5OS/c1-11-4-6-12(7-5-11)23-19(2,3)17(25)22-18-21-15-9-8-14-13(10-20-24-14)16(15)26-18/h4-10,23H,1-3H3,(H,20,24)(H,21,22,25). The van der Waals surface area contributed by atoms with Crippen LogP contribution < -0.4 is 10.6 Å². The molecule has 0 fully saturated rings. The summed E-state index contributed by atoms with van der Waals surface area (Å²) in [5.74, 6) is -0.138. The van der Waals surface area contributed by atoms with E-state index in [4.69, 9.17) is 0 Å². The first-order valence-electron chi connectivity index (χ1n) is 8.31. The molecular weight excluding hydrogens is 346 g/mol. The predicted octanol–water partition coefficient (Wildman–Crippen LogP) is 4.31. The Balaban J connectivity index is 1.56. The molecule has 26 heavy (non-hydrogen) atoms. The number of rotatable bonds is 4. The van der Waals surface area contributed by atoms with Crippen LogP contribution in [-0.4, -0.2) is 26.6 Å². The summed E-state index contributed by atoms with van der Waals surface area (Å²) in [6.45, 7) is 5.74. The van der Waals surface area contributed by atoms with Gasteiger partial charge in [0.1, 0.15) is 5.54 Å². The molecule has 2 aromatic heterocycles. The summed E-state index contributed by atoms with van der Waals surface area (Å²) in [4.78, 5) is 17.3. The molecule has 2 heterocycles. The van der Waals surface area contributed by atoms with Gasteiger partial charge in [-0.25, -0.2) is 4.98 Å². The summed E-state index contributed by atoms with van der Waals surface area (Å²) in [5, 5.41) is 14.8. The highest BCUT2D eigenvalue weighted by Gasteiger charge is 2.28. The highest BCUT2D eigenvalue weighted by molar-refractivity contribution is 7.23. The average molecular weight is 365 g/mol. The molecule has 2 aromatic carbocycles. The van der Waals surface area contributed by atoms with E-state index in [0.717, 1.165) is 26.8 Å². The van der Waals surface area contributed by atoms with Gasteiger partial charge in [0.25, 0.3) is 5.91 Å². The lowest BCUT2D eigenvalue weighted by Gasteiger charge is -2.25. The summed E-state index contributed by atoms with van der Waals surface area (Å²) in [6, 6.07) is 11.8. The van der Waals surface area contributed by atoms with E-state index in [9.17, 15) is 4.79 Å². The molecule has 3 N–H and O–H groups in total. The number of fused-ring (bicyclic) bond motifs is 3. The van der Waals surface area contributed by atoms with Crippen LogP contribution in [0.25, 0.3) is 21.1 Å². The fourth-order valence-electron chi connectivity index (χ4n) is 2.77. The van der Waals surface area contributed by atoms with Gasteiger partial charge >= 0.3 is 0 Å². The molecule has 6 nitrogen and oxygen atoms in total. The number of anilines is 2. The van der Waals surface area contributed by atoms with E-state index >= 15 is 0 Å². The number of carbonyl (C=O) groups excluding carboxylic acids is 1. The summed E-state index contributed by atoms with van der Waals surface area (Å²) in [5.41, 5.74) is 3.11. The van der Waals surface area contributed by atoms with E-state index in [0.29, 0.717) is 5.13 Å². The second-order valence-corrected chi connectivity index (χ2v) is 7.83. The first kappa shape index (κ1) is 16.5. The predicted molar refractivity (Wildman–Crippen MR) is 107 cm³/mol. The van der Waals surface area contributed by atoms with Crippen molar-refractivity contribution in [2.75, 3.05) is 10.6 Å². The topological polar surface area (TPSA) is 82.7 Å². The van der Waals surface area contributed by atoms with Gasteiger partial charge in [0.05, 0.1) is 21.9 Å². The van der Waals surface area contributed by atoms with Crippen LogP contribution >= 0.6 is 11.3 Å². The van der Waals surface area contributed by atoms with Crippen LogP contribution in [0.5, 0.6) is 0 Å². The Morgan fingerprint density at radius 1 is 1.15 bits per heavy atom. The second kappa shape index (κ2) is 6.10. The second-order valence-electron chi connectivity index (χ2n) is 6.83. The van der Waals surface area contributed by atoms with Crippen LogP contribution in [0, 0.1) is 6.92 Å². The van der Waals surface area contributed by atoms with Crippen LogP contribution in [0.3, 0.4) is 0 Å². The lowest BCUT2D eigenvalue weighted by Crippen LogP contribution is -2.44. The number of H-pyrrole nitrogens is 1. The maximum Gasteiger partial charge on any atom is 0.251 e. The molecule has 0 bridgehead atoms. The third-order valence-corrected chi connectivity index (χ3v) is 5.29. The molecule has 132 valence electrons. The normalized spacial score (nSPS) is 11.8. The monoisotopic (exact) mass is 365 g/mol. The summed E-state index contributed by atoms with van der Waals surface area (Å²) in [7, 11) is 0. The maximum absolute atomic E-state index is 12.8. The summed E-state index contributed by atoms with van der Waals surface area (Å²) in [6.07, 6.45) is 1.78. The van der Waals surface area contributed by atoms with Gasteiger partial charge in [-0.3, -0.25) is 15.2 Å². The third-order valence-electron chi connectivity index (χ3n) is 4.27. The Hall–Kier alpha value is -2.93. The minimum Gasteiger partial charge on any atom is -0.372 e. The van der Waals surface area contributed by atoms with E-state index in [-0.39, 0.29) is 5.91 Å². The lowest BCUT2D eigenvalue weighted by atomic mass is 10.0. The van der Waals surface area contributed by atoms with Crippen LogP contribution in [0.15, 0.2) is 42.6 Å². The number of nitrogens with one attached hydrogen (secondary N) is 3. The number of thiazole rings is 1. The van der Waals surface area contributed by atoms with Gasteiger partial charge in [-0.1, -0.05) is 29.0 Å². The molecule has 0 radical (unpaired) electrons. The Morgan fingerprint density at radius 3 is 2.69 bits per heavy atom. The minimum absolute atomic E-state index is 0.138. The number of carbonyl (C=O) groups is 1. The van der Waals surface area contributed by atoms with E-state index in [1.54, 1.807) is 6.20 Å². The zero-order chi connectivity index (χ0) is 18.3. The Bertz CT molecular complexity index is 1090. The van der Waals surface area contributed by atoms with Gasteiger partial charge in [0, 0.05) is 11.1 Å². The molecule has 0 saturated carbocycles. The number of amides is 1. The molecular formula is C19H19N5OS. The van der Waals surface area contributed by atoms with E-state index in [2.05, 4.69) is 25.8 Å². The number of aromatic nitrogens is 3. The molecule has 0 aliphatic rings. The maximum atomic E-state index is 12.8. The van der Waals surface area contributed by atoms with Gasteiger partial charge in [0.2, 0.25) is 0 Å². The van der Waals surface area contributed by atoms with E-state index < -0.39 is 5.54 Å². The minimum atomic E-state index is -0.780. The molecule has 1 amide bonds. The first-order chi connectivity index (χ1) is 12.4. The fraction of sp³-hybridized carbons (Fsp3) is 0.211. The average Bonchev–Trinajstić information content (AvgIpc) is 3.22. The number of nitrogens with zero attached hydrogens (tertiary/aromatic N) is 2. The first-order valence-corrected chi connectivity index (χ1v) is 9.13. The highest BCUT2D eigenvalue weighted by atomic mass is 32.1. The largest absolute Gasteiger partial charge is 0.372 e. The highest BCUT2D eigenvalue weighted by Crippen LogP contribution is 2.32. The van der Waals surface area contributed by atoms with Crippen molar-refractivity contribution in [3.05, 3.63) is 48.2 Å². The molecule has 4 aromatic rings. The van der Waals surface area contributed by atoms with Crippen molar-refractivity contribution < 1.29 is 4.79 Å². The van der Waals surface area contributed by atoms with Crippen molar-refractivity contribution in [1.29, 1.82) is 0 Å². The zero-order valence-corrected chi connectivity index (χ0v) is 15.6. The van der Waals surface area contributed by atoms with Crippen molar-refractivity contribution in [3.8, 4) is 0 Å². The quantitative estimate of drug-likeness (QED) is 0.503. The van der Waals surface area contributed by atoms with Crippen LogP contribution in [-0.2, 0) is 4.79 Å². The van der Waals surface area contributed by atoms with Gasteiger partial charge in [-0.05, 0) is 45.0 Å². The van der Waals surface area contributed by atoms with Gasteiger partial charge in [-0.2, -0.15) is 5.10 Å². The van der Waals surface area contributed by atoms with E-state index in [1.807, 2.05) is 57.2 Å².